The van der Waals surface area contributed by atoms with Crippen molar-refractivity contribution in [3.63, 3.8) is 0 Å². The third-order valence-electron chi connectivity index (χ3n) is 8.68. The molecule has 5 aromatic rings. The Labute approximate surface area is 282 Å². The predicted molar refractivity (Wildman–Crippen MR) is 187 cm³/mol. The quantitative estimate of drug-likeness (QED) is 0.224. The molecule has 0 saturated carbocycles. The Kier molecular flexibility index (Phi) is 8.32. The summed E-state index contributed by atoms with van der Waals surface area (Å²) >= 11 is 1.32. The molecule has 0 spiro atoms. The number of carbonyl (C=O) groups is 2. The highest BCUT2D eigenvalue weighted by molar-refractivity contribution is 7.88. The summed E-state index contributed by atoms with van der Waals surface area (Å²) in [7, 11) is -3.42. The number of rotatable bonds is 5. The number of amides is 2. The second kappa shape index (κ2) is 12.6. The fourth-order valence-electron chi connectivity index (χ4n) is 6.25. The van der Waals surface area contributed by atoms with Crippen molar-refractivity contribution in [1.29, 1.82) is 0 Å². The Morgan fingerprint density at radius 1 is 0.875 bits per heavy atom. The summed E-state index contributed by atoms with van der Waals surface area (Å²) in [6, 6.07) is 27.0. The standard InChI is InChI=1S/C36H32FN5O4S2/c1-23-9-7-12-27(37)33(23)39-35(43)31-21-24-17-18-42(30-15-6-4-11-26(30)34(24)47-31)36(44)28-13-8-16-32(38-28)41-20-19-40(48(2,45)46)22-25-10-3-5-14-29(25)41/h3-16,21H,17-20,22H2,1-2H3,(H,39,43). The van der Waals surface area contributed by atoms with Crippen LogP contribution < -0.4 is 15.1 Å². The number of nitrogens with one attached hydrogen (secondary N) is 1. The molecule has 0 bridgehead atoms. The van der Waals surface area contributed by atoms with Crippen LogP contribution in [-0.2, 0) is 23.0 Å². The molecule has 244 valence electrons. The molecular weight excluding hydrogens is 650 g/mol. The van der Waals surface area contributed by atoms with E-state index in [1.807, 2.05) is 65.6 Å². The van der Waals surface area contributed by atoms with Gasteiger partial charge in [-0.05, 0) is 66.4 Å². The summed E-state index contributed by atoms with van der Waals surface area (Å²) in [6.45, 7) is 3.00. The number of hydrogen-bond acceptors (Lipinski definition) is 7. The van der Waals surface area contributed by atoms with Crippen LogP contribution in [0, 0.1) is 12.7 Å². The Bertz CT molecular complexity index is 2160. The number of hydrogen-bond donors (Lipinski definition) is 1. The lowest BCUT2D eigenvalue weighted by Gasteiger charge is -2.26. The van der Waals surface area contributed by atoms with Crippen molar-refractivity contribution in [3.8, 4) is 10.4 Å². The van der Waals surface area contributed by atoms with Gasteiger partial charge in [-0.15, -0.1) is 11.3 Å². The molecule has 0 saturated heterocycles. The second-order valence-electron chi connectivity index (χ2n) is 11.8. The summed E-state index contributed by atoms with van der Waals surface area (Å²) in [5.41, 5.74) is 5.20. The van der Waals surface area contributed by atoms with Gasteiger partial charge in [-0.2, -0.15) is 4.31 Å². The highest BCUT2D eigenvalue weighted by Gasteiger charge is 2.30. The Hall–Kier alpha value is -4.91. The first-order valence-electron chi connectivity index (χ1n) is 15.5. The number of anilines is 4. The fraction of sp³-hybridized carbons (Fsp3) is 0.194. The van der Waals surface area contributed by atoms with Crippen molar-refractivity contribution in [2.24, 2.45) is 0 Å². The first-order valence-corrected chi connectivity index (χ1v) is 18.1. The first kappa shape index (κ1) is 31.7. The lowest BCUT2D eigenvalue weighted by molar-refractivity contribution is 0.0981. The van der Waals surface area contributed by atoms with Crippen molar-refractivity contribution >= 4 is 56.1 Å². The van der Waals surface area contributed by atoms with Crippen LogP contribution in [-0.4, -0.2) is 55.4 Å². The van der Waals surface area contributed by atoms with Gasteiger partial charge >= 0.3 is 0 Å². The first-order chi connectivity index (χ1) is 23.1. The minimum atomic E-state index is -3.42. The van der Waals surface area contributed by atoms with Crippen molar-refractivity contribution in [2.45, 2.75) is 19.9 Å². The molecule has 0 atom stereocenters. The van der Waals surface area contributed by atoms with Crippen LogP contribution in [0.2, 0.25) is 0 Å². The van der Waals surface area contributed by atoms with Crippen molar-refractivity contribution in [1.82, 2.24) is 9.29 Å². The maximum Gasteiger partial charge on any atom is 0.276 e. The maximum absolute atomic E-state index is 14.5. The van der Waals surface area contributed by atoms with E-state index in [1.54, 1.807) is 36.1 Å². The van der Waals surface area contributed by atoms with E-state index in [4.69, 9.17) is 4.98 Å². The second-order valence-corrected chi connectivity index (χ2v) is 14.9. The van der Waals surface area contributed by atoms with E-state index in [0.717, 1.165) is 27.3 Å². The highest BCUT2D eigenvalue weighted by Crippen LogP contribution is 2.42. The van der Waals surface area contributed by atoms with E-state index in [0.29, 0.717) is 41.5 Å². The molecule has 48 heavy (non-hydrogen) atoms. The number of benzene rings is 3. The monoisotopic (exact) mass is 681 g/mol. The topological polar surface area (TPSA) is 103 Å². The summed E-state index contributed by atoms with van der Waals surface area (Å²) < 4.78 is 40.8. The number of halogens is 1. The maximum atomic E-state index is 14.5. The lowest BCUT2D eigenvalue weighted by Crippen LogP contribution is -2.34. The molecule has 4 heterocycles. The minimum absolute atomic E-state index is 0.161. The molecule has 0 fully saturated rings. The van der Waals surface area contributed by atoms with Crippen molar-refractivity contribution < 1.29 is 22.4 Å². The van der Waals surface area contributed by atoms with Gasteiger partial charge in [-0.3, -0.25) is 9.59 Å². The van der Waals surface area contributed by atoms with E-state index < -0.39 is 15.8 Å². The molecule has 0 radical (unpaired) electrons. The van der Waals surface area contributed by atoms with Crippen LogP contribution in [0.1, 0.15) is 36.9 Å². The Morgan fingerprint density at radius 2 is 1.62 bits per heavy atom. The average molecular weight is 682 g/mol. The van der Waals surface area contributed by atoms with Gasteiger partial charge in [0, 0.05) is 42.3 Å². The SMILES string of the molecule is Cc1cccc(F)c1NC(=O)c1cc2c(s1)-c1ccccc1N(C(=O)c1cccc(N3CCN(S(C)(=O)=O)Cc4ccccc43)n1)CC2. The van der Waals surface area contributed by atoms with E-state index in [9.17, 15) is 22.4 Å². The van der Waals surface area contributed by atoms with E-state index >= 15 is 0 Å². The van der Waals surface area contributed by atoms with Crippen molar-refractivity contribution in [2.75, 3.05) is 41.0 Å². The van der Waals surface area contributed by atoms with E-state index in [-0.39, 0.29) is 36.3 Å². The van der Waals surface area contributed by atoms with Gasteiger partial charge < -0.3 is 15.1 Å². The van der Waals surface area contributed by atoms with Gasteiger partial charge in [0.1, 0.15) is 17.3 Å². The molecule has 9 nitrogen and oxygen atoms in total. The molecule has 2 aliphatic heterocycles. The number of thiophene rings is 1. The van der Waals surface area contributed by atoms with Gasteiger partial charge in [0.25, 0.3) is 11.8 Å². The molecule has 12 heteroatoms. The van der Waals surface area contributed by atoms with Crippen LogP contribution >= 0.6 is 11.3 Å². The summed E-state index contributed by atoms with van der Waals surface area (Å²) in [4.78, 5) is 37.3. The molecule has 2 amide bonds. The molecule has 0 unspecified atom stereocenters. The molecular formula is C36H32FN5O4S2. The van der Waals surface area contributed by atoms with Crippen LogP contribution in [0.25, 0.3) is 10.4 Å². The molecule has 0 aliphatic carbocycles. The summed E-state index contributed by atoms with van der Waals surface area (Å²) in [5.74, 6) is -0.600. The third kappa shape index (κ3) is 5.98. The predicted octanol–water partition coefficient (Wildman–Crippen LogP) is 6.63. The number of nitrogens with zero attached hydrogens (tertiary/aromatic N) is 4. The summed E-state index contributed by atoms with van der Waals surface area (Å²) in [6.07, 6.45) is 1.71. The number of aryl methyl sites for hydroxylation is 1. The van der Waals surface area contributed by atoms with Gasteiger partial charge in [0.05, 0.1) is 22.5 Å². The van der Waals surface area contributed by atoms with Gasteiger partial charge in [0.2, 0.25) is 10.0 Å². The molecule has 7 rings (SSSR count). The minimum Gasteiger partial charge on any atom is -0.325 e. The van der Waals surface area contributed by atoms with Crippen LogP contribution in [0.3, 0.4) is 0 Å². The zero-order valence-electron chi connectivity index (χ0n) is 26.3. The Balaban J connectivity index is 1.18. The van der Waals surface area contributed by atoms with Crippen LogP contribution in [0.5, 0.6) is 0 Å². The van der Waals surface area contributed by atoms with Gasteiger partial charge in [-0.1, -0.05) is 54.6 Å². The number of sulfonamides is 1. The molecule has 2 aliphatic rings. The average Bonchev–Trinajstić information content (AvgIpc) is 3.31. The normalized spacial score (nSPS) is 14.7. The number of carbonyl (C=O) groups excluding carboxylic acids is 2. The number of pyridine rings is 1. The Morgan fingerprint density at radius 3 is 2.42 bits per heavy atom. The zero-order chi connectivity index (χ0) is 33.6. The van der Waals surface area contributed by atoms with Crippen LogP contribution in [0.4, 0.5) is 27.3 Å². The number of para-hydroxylation sites is 3. The third-order valence-corrected chi connectivity index (χ3v) is 11.1. The number of fused-ring (bicyclic) bond motifs is 4. The lowest BCUT2D eigenvalue weighted by atomic mass is 10.1. The van der Waals surface area contributed by atoms with E-state index in [1.165, 1.54) is 28.0 Å². The largest absolute Gasteiger partial charge is 0.325 e. The molecule has 3 aromatic carbocycles. The smallest absolute Gasteiger partial charge is 0.276 e. The fourth-order valence-corrected chi connectivity index (χ4v) is 8.17. The van der Waals surface area contributed by atoms with Crippen molar-refractivity contribution in [3.05, 3.63) is 124 Å². The van der Waals surface area contributed by atoms with Gasteiger partial charge in [-0.25, -0.2) is 17.8 Å². The summed E-state index contributed by atoms with van der Waals surface area (Å²) in [5, 5.41) is 2.73. The number of aromatic nitrogens is 1. The van der Waals surface area contributed by atoms with E-state index in [2.05, 4.69) is 5.32 Å². The molecule has 1 N–H and O–H groups in total. The highest BCUT2D eigenvalue weighted by atomic mass is 32.2. The molecule has 2 aromatic heterocycles. The van der Waals surface area contributed by atoms with Crippen LogP contribution in [0.15, 0.2) is 91.0 Å². The van der Waals surface area contributed by atoms with Gasteiger partial charge in [0.15, 0.2) is 0 Å². The zero-order valence-corrected chi connectivity index (χ0v) is 27.9.